The number of hydrogen-bond donors (Lipinski definition) is 2. The summed E-state index contributed by atoms with van der Waals surface area (Å²) in [6.45, 7) is 0. The third-order valence-electron chi connectivity index (χ3n) is 4.75. The summed E-state index contributed by atoms with van der Waals surface area (Å²) < 4.78 is 18.4. The highest BCUT2D eigenvalue weighted by atomic mass is 32.2. The van der Waals surface area contributed by atoms with Gasteiger partial charge in [0.2, 0.25) is 5.91 Å². The molecular formula is C23H20FN3O3S. The van der Waals surface area contributed by atoms with E-state index in [4.69, 9.17) is 4.74 Å². The van der Waals surface area contributed by atoms with E-state index in [0.717, 1.165) is 5.56 Å². The quantitative estimate of drug-likeness (QED) is 0.571. The summed E-state index contributed by atoms with van der Waals surface area (Å²) in [5.41, 5.74) is 2.73. The molecule has 0 aliphatic carbocycles. The molecule has 158 valence electrons. The Morgan fingerprint density at radius 2 is 1.74 bits per heavy atom. The number of benzene rings is 3. The van der Waals surface area contributed by atoms with Gasteiger partial charge in [0.1, 0.15) is 16.9 Å². The fourth-order valence-corrected chi connectivity index (χ4v) is 4.46. The predicted octanol–water partition coefficient (Wildman–Crippen LogP) is 5.26. The van der Waals surface area contributed by atoms with E-state index in [1.165, 1.54) is 23.9 Å². The standard InChI is InChI=1S/C23H20FN3O3S/c1-30-20-11-7-17(8-12-20)25-23(29)26-18-4-2-3-15(13-18)22-27(21(28)14-31-22)19-9-5-16(24)6-10-19/h2-13,22H,14H2,1H3,(H2,25,26,29). The molecule has 1 fully saturated rings. The molecule has 0 saturated carbocycles. The van der Waals surface area contributed by atoms with Gasteiger partial charge in [-0.3, -0.25) is 9.69 Å². The maximum Gasteiger partial charge on any atom is 0.323 e. The fraction of sp³-hybridized carbons (Fsp3) is 0.130. The molecule has 0 bridgehead atoms. The zero-order chi connectivity index (χ0) is 21.8. The van der Waals surface area contributed by atoms with Crippen LogP contribution in [0.25, 0.3) is 0 Å². The minimum absolute atomic E-state index is 0.0442. The molecule has 3 amide bonds. The number of carbonyl (C=O) groups is 2. The molecule has 3 aromatic rings. The molecule has 0 aromatic heterocycles. The Labute approximate surface area is 183 Å². The van der Waals surface area contributed by atoms with Crippen molar-refractivity contribution >= 4 is 40.8 Å². The van der Waals surface area contributed by atoms with Gasteiger partial charge in [0.25, 0.3) is 0 Å². The Balaban J connectivity index is 1.48. The topological polar surface area (TPSA) is 70.7 Å². The molecule has 3 aromatic carbocycles. The van der Waals surface area contributed by atoms with Gasteiger partial charge < -0.3 is 15.4 Å². The average molecular weight is 437 g/mol. The average Bonchev–Trinajstić information content (AvgIpc) is 3.16. The molecule has 31 heavy (non-hydrogen) atoms. The second kappa shape index (κ2) is 9.09. The Morgan fingerprint density at radius 3 is 2.45 bits per heavy atom. The van der Waals surface area contributed by atoms with Crippen LogP contribution in [-0.4, -0.2) is 24.8 Å². The molecule has 1 atom stereocenters. The Hall–Kier alpha value is -3.52. The highest BCUT2D eigenvalue weighted by Gasteiger charge is 2.34. The molecule has 1 aliphatic heterocycles. The number of hydrogen-bond acceptors (Lipinski definition) is 4. The number of anilines is 3. The van der Waals surface area contributed by atoms with Crippen molar-refractivity contribution in [1.29, 1.82) is 0 Å². The number of ether oxygens (including phenoxy) is 1. The van der Waals surface area contributed by atoms with E-state index < -0.39 is 0 Å². The SMILES string of the molecule is COc1ccc(NC(=O)Nc2cccc(C3SCC(=O)N3c3ccc(F)cc3)c2)cc1. The lowest BCUT2D eigenvalue weighted by Gasteiger charge is -2.24. The Kier molecular flexibility index (Phi) is 6.08. The summed E-state index contributed by atoms with van der Waals surface area (Å²) >= 11 is 1.49. The molecule has 1 unspecified atom stereocenters. The number of methoxy groups -OCH3 is 1. The van der Waals surface area contributed by atoms with Crippen molar-refractivity contribution in [2.45, 2.75) is 5.37 Å². The minimum atomic E-state index is -0.382. The maximum absolute atomic E-state index is 13.3. The van der Waals surface area contributed by atoms with E-state index >= 15 is 0 Å². The van der Waals surface area contributed by atoms with Gasteiger partial charge >= 0.3 is 6.03 Å². The van der Waals surface area contributed by atoms with Crippen LogP contribution in [0.3, 0.4) is 0 Å². The lowest BCUT2D eigenvalue weighted by atomic mass is 10.1. The van der Waals surface area contributed by atoms with Crippen LogP contribution in [-0.2, 0) is 4.79 Å². The number of rotatable bonds is 5. The van der Waals surface area contributed by atoms with E-state index in [-0.39, 0.29) is 23.1 Å². The Morgan fingerprint density at radius 1 is 1.03 bits per heavy atom. The molecule has 1 saturated heterocycles. The first-order valence-corrected chi connectivity index (χ1v) is 10.6. The number of nitrogens with one attached hydrogen (secondary N) is 2. The molecular weight excluding hydrogens is 417 g/mol. The number of nitrogens with zero attached hydrogens (tertiary/aromatic N) is 1. The van der Waals surface area contributed by atoms with Crippen LogP contribution in [0.2, 0.25) is 0 Å². The summed E-state index contributed by atoms with van der Waals surface area (Å²) in [5.74, 6) is 0.636. The smallest absolute Gasteiger partial charge is 0.323 e. The maximum atomic E-state index is 13.3. The van der Waals surface area contributed by atoms with Gasteiger partial charge in [0, 0.05) is 17.1 Å². The lowest BCUT2D eigenvalue weighted by Crippen LogP contribution is -2.27. The van der Waals surface area contributed by atoms with Gasteiger partial charge in [0.15, 0.2) is 0 Å². The Bertz CT molecular complexity index is 1090. The van der Waals surface area contributed by atoms with Crippen molar-refractivity contribution in [2.75, 3.05) is 28.4 Å². The lowest BCUT2D eigenvalue weighted by molar-refractivity contribution is -0.115. The van der Waals surface area contributed by atoms with Gasteiger partial charge in [-0.15, -0.1) is 11.8 Å². The largest absolute Gasteiger partial charge is 0.497 e. The number of amides is 3. The van der Waals surface area contributed by atoms with Crippen LogP contribution in [0.15, 0.2) is 72.8 Å². The second-order valence-corrected chi connectivity index (χ2v) is 7.91. The summed E-state index contributed by atoms with van der Waals surface area (Å²) in [6.07, 6.45) is 0. The second-order valence-electron chi connectivity index (χ2n) is 6.84. The van der Waals surface area contributed by atoms with Crippen molar-refractivity contribution in [2.24, 2.45) is 0 Å². The van der Waals surface area contributed by atoms with E-state index in [2.05, 4.69) is 10.6 Å². The van der Waals surface area contributed by atoms with Crippen LogP contribution < -0.4 is 20.3 Å². The van der Waals surface area contributed by atoms with Gasteiger partial charge in [-0.2, -0.15) is 0 Å². The summed E-state index contributed by atoms with van der Waals surface area (Å²) in [6, 6.07) is 19.8. The first kappa shape index (κ1) is 20.7. The molecule has 0 radical (unpaired) electrons. The first-order valence-electron chi connectivity index (χ1n) is 9.55. The van der Waals surface area contributed by atoms with E-state index in [9.17, 15) is 14.0 Å². The summed E-state index contributed by atoms with van der Waals surface area (Å²) in [7, 11) is 1.58. The fourth-order valence-electron chi connectivity index (χ4n) is 3.29. The van der Waals surface area contributed by atoms with E-state index in [1.807, 2.05) is 18.2 Å². The van der Waals surface area contributed by atoms with Gasteiger partial charge in [-0.05, 0) is 66.2 Å². The third kappa shape index (κ3) is 4.80. The van der Waals surface area contributed by atoms with Crippen LogP contribution in [0.5, 0.6) is 5.75 Å². The highest BCUT2D eigenvalue weighted by molar-refractivity contribution is 8.00. The van der Waals surface area contributed by atoms with Crippen molar-refractivity contribution < 1.29 is 18.7 Å². The molecule has 4 rings (SSSR count). The summed E-state index contributed by atoms with van der Waals surface area (Å²) in [5, 5.41) is 5.32. The zero-order valence-electron chi connectivity index (χ0n) is 16.7. The number of urea groups is 1. The third-order valence-corrected chi connectivity index (χ3v) is 5.96. The van der Waals surface area contributed by atoms with Crippen molar-refractivity contribution in [3.05, 3.63) is 84.2 Å². The van der Waals surface area contributed by atoms with E-state index in [1.54, 1.807) is 54.5 Å². The zero-order valence-corrected chi connectivity index (χ0v) is 17.5. The molecule has 0 spiro atoms. The first-order chi connectivity index (χ1) is 15.0. The number of thioether (sulfide) groups is 1. The van der Waals surface area contributed by atoms with Gasteiger partial charge in [-0.1, -0.05) is 12.1 Å². The van der Waals surface area contributed by atoms with Gasteiger partial charge in [-0.25, -0.2) is 9.18 Å². The van der Waals surface area contributed by atoms with Crippen LogP contribution in [0.1, 0.15) is 10.9 Å². The van der Waals surface area contributed by atoms with Crippen molar-refractivity contribution in [1.82, 2.24) is 0 Å². The normalized spacial score (nSPS) is 15.6. The minimum Gasteiger partial charge on any atom is -0.497 e. The number of halogens is 1. The molecule has 8 heteroatoms. The van der Waals surface area contributed by atoms with Crippen LogP contribution in [0, 0.1) is 5.82 Å². The van der Waals surface area contributed by atoms with Crippen molar-refractivity contribution in [3.8, 4) is 5.75 Å². The highest BCUT2D eigenvalue weighted by Crippen LogP contribution is 2.42. The van der Waals surface area contributed by atoms with Crippen LogP contribution in [0.4, 0.5) is 26.2 Å². The molecule has 2 N–H and O–H groups in total. The molecule has 1 aliphatic rings. The molecule has 1 heterocycles. The predicted molar refractivity (Wildman–Crippen MR) is 121 cm³/mol. The van der Waals surface area contributed by atoms with Gasteiger partial charge in [0.05, 0.1) is 12.9 Å². The van der Waals surface area contributed by atoms with Crippen molar-refractivity contribution in [3.63, 3.8) is 0 Å². The molecule has 6 nitrogen and oxygen atoms in total. The monoisotopic (exact) mass is 437 g/mol. The number of carbonyl (C=O) groups excluding carboxylic acids is 2. The van der Waals surface area contributed by atoms with Crippen LogP contribution >= 0.6 is 11.8 Å². The van der Waals surface area contributed by atoms with E-state index in [0.29, 0.717) is 28.6 Å². The summed E-state index contributed by atoms with van der Waals surface area (Å²) in [4.78, 5) is 26.5.